The van der Waals surface area contributed by atoms with E-state index in [1.165, 1.54) is 22.9 Å². The van der Waals surface area contributed by atoms with Crippen molar-refractivity contribution in [2.24, 2.45) is 0 Å². The molecule has 3 aromatic rings. The number of carbonyl (C=O) groups is 1. The van der Waals surface area contributed by atoms with E-state index in [-0.39, 0.29) is 10.6 Å². The maximum absolute atomic E-state index is 12.2. The SMILES string of the molecule is Cc1ccc(S(=O)(=O)NC(=O)c2ccn(Cn3cccn3)n2)cc1. The smallest absolute Gasteiger partial charge is 0.266 e. The highest BCUT2D eigenvalue weighted by atomic mass is 32.2. The molecule has 0 atom stereocenters. The summed E-state index contributed by atoms with van der Waals surface area (Å²) in [4.78, 5) is 12.2. The first kappa shape index (κ1) is 15.9. The Hall–Kier alpha value is -2.94. The zero-order chi connectivity index (χ0) is 17.2. The normalized spacial score (nSPS) is 11.4. The molecule has 2 aromatic heterocycles. The minimum atomic E-state index is -3.93. The summed E-state index contributed by atoms with van der Waals surface area (Å²) in [6, 6.07) is 9.44. The van der Waals surface area contributed by atoms with Crippen LogP contribution in [-0.4, -0.2) is 33.9 Å². The third kappa shape index (κ3) is 3.51. The van der Waals surface area contributed by atoms with Crippen LogP contribution in [0.3, 0.4) is 0 Å². The monoisotopic (exact) mass is 345 g/mol. The van der Waals surface area contributed by atoms with Crippen molar-refractivity contribution >= 4 is 15.9 Å². The fourth-order valence-electron chi connectivity index (χ4n) is 2.04. The van der Waals surface area contributed by atoms with Crippen molar-refractivity contribution in [1.29, 1.82) is 0 Å². The molecule has 0 aliphatic carbocycles. The molecule has 124 valence electrons. The predicted octanol–water partition coefficient (Wildman–Crippen LogP) is 1.01. The first-order valence-corrected chi connectivity index (χ1v) is 8.57. The molecule has 8 nitrogen and oxygen atoms in total. The average Bonchev–Trinajstić information content (AvgIpc) is 3.19. The molecule has 1 amide bonds. The van der Waals surface area contributed by atoms with Gasteiger partial charge in [0.1, 0.15) is 6.67 Å². The summed E-state index contributed by atoms with van der Waals surface area (Å²) in [5, 5.41) is 8.09. The molecule has 9 heteroatoms. The molecule has 3 rings (SSSR count). The van der Waals surface area contributed by atoms with E-state index in [1.54, 1.807) is 41.5 Å². The van der Waals surface area contributed by atoms with Crippen LogP contribution in [0, 0.1) is 6.92 Å². The van der Waals surface area contributed by atoms with Gasteiger partial charge >= 0.3 is 0 Å². The van der Waals surface area contributed by atoms with Gasteiger partial charge in [-0.3, -0.25) is 14.2 Å². The molecule has 1 N–H and O–H groups in total. The third-order valence-electron chi connectivity index (χ3n) is 3.28. The molecule has 1 aromatic carbocycles. The van der Waals surface area contributed by atoms with Gasteiger partial charge in [0.05, 0.1) is 4.90 Å². The second kappa shape index (κ2) is 6.28. The second-order valence-corrected chi connectivity index (χ2v) is 6.86. The number of hydrogen-bond donors (Lipinski definition) is 1. The van der Waals surface area contributed by atoms with Crippen molar-refractivity contribution in [2.45, 2.75) is 18.5 Å². The number of sulfonamides is 1. The Morgan fingerprint density at radius 1 is 1.12 bits per heavy atom. The van der Waals surface area contributed by atoms with Gasteiger partial charge in [0.15, 0.2) is 5.69 Å². The van der Waals surface area contributed by atoms with Crippen LogP contribution in [0.1, 0.15) is 16.1 Å². The quantitative estimate of drug-likeness (QED) is 0.744. The molecule has 0 bridgehead atoms. The van der Waals surface area contributed by atoms with Crippen molar-refractivity contribution in [3.05, 3.63) is 66.2 Å². The minimum Gasteiger partial charge on any atom is -0.266 e. The maximum atomic E-state index is 12.2. The van der Waals surface area contributed by atoms with Crippen LogP contribution in [-0.2, 0) is 16.7 Å². The molecule has 0 unspecified atom stereocenters. The Kier molecular flexibility index (Phi) is 4.17. The molecule has 0 spiro atoms. The summed E-state index contributed by atoms with van der Waals surface area (Å²) in [5.41, 5.74) is 0.940. The predicted molar refractivity (Wildman–Crippen MR) is 85.7 cm³/mol. The van der Waals surface area contributed by atoms with Crippen molar-refractivity contribution in [3.63, 3.8) is 0 Å². The van der Waals surface area contributed by atoms with Gasteiger partial charge in [-0.25, -0.2) is 13.1 Å². The number of nitrogens with one attached hydrogen (secondary N) is 1. The van der Waals surface area contributed by atoms with E-state index >= 15 is 0 Å². The maximum Gasteiger partial charge on any atom is 0.285 e. The van der Waals surface area contributed by atoms with E-state index in [2.05, 4.69) is 10.2 Å². The van der Waals surface area contributed by atoms with E-state index in [0.717, 1.165) is 5.56 Å². The third-order valence-corrected chi connectivity index (χ3v) is 4.63. The van der Waals surface area contributed by atoms with E-state index in [1.807, 2.05) is 11.6 Å². The van der Waals surface area contributed by atoms with Crippen molar-refractivity contribution in [3.8, 4) is 0 Å². The number of carbonyl (C=O) groups excluding carboxylic acids is 1. The van der Waals surface area contributed by atoms with Gasteiger partial charge in [0.25, 0.3) is 15.9 Å². The van der Waals surface area contributed by atoms with Gasteiger partial charge in [0.2, 0.25) is 0 Å². The van der Waals surface area contributed by atoms with Crippen molar-refractivity contribution < 1.29 is 13.2 Å². The minimum absolute atomic E-state index is 0.0119. The molecule has 0 aliphatic heterocycles. The molecule has 0 aliphatic rings. The summed E-state index contributed by atoms with van der Waals surface area (Å²) in [5.74, 6) is -0.783. The molecule has 0 saturated heterocycles. The average molecular weight is 345 g/mol. The number of benzene rings is 1. The number of hydrogen-bond acceptors (Lipinski definition) is 5. The van der Waals surface area contributed by atoms with Crippen LogP contribution in [0.25, 0.3) is 0 Å². The Bertz CT molecular complexity index is 943. The lowest BCUT2D eigenvalue weighted by atomic mass is 10.2. The number of aryl methyl sites for hydroxylation is 1. The zero-order valence-corrected chi connectivity index (χ0v) is 13.6. The lowest BCUT2D eigenvalue weighted by molar-refractivity contribution is 0.0975. The van der Waals surface area contributed by atoms with Gasteiger partial charge in [-0.15, -0.1) is 0 Å². The van der Waals surface area contributed by atoms with Crippen LogP contribution >= 0.6 is 0 Å². The number of nitrogens with zero attached hydrogens (tertiary/aromatic N) is 4. The summed E-state index contributed by atoms with van der Waals surface area (Å²) in [6.45, 7) is 2.17. The van der Waals surface area contributed by atoms with Crippen LogP contribution in [0.2, 0.25) is 0 Å². The van der Waals surface area contributed by atoms with Gasteiger partial charge in [-0.2, -0.15) is 10.2 Å². The Morgan fingerprint density at radius 2 is 1.88 bits per heavy atom. The van der Waals surface area contributed by atoms with Crippen LogP contribution in [0.15, 0.2) is 59.9 Å². The van der Waals surface area contributed by atoms with E-state index in [0.29, 0.717) is 6.67 Å². The molecule has 24 heavy (non-hydrogen) atoms. The number of aromatic nitrogens is 4. The lowest BCUT2D eigenvalue weighted by Gasteiger charge is -2.06. The summed E-state index contributed by atoms with van der Waals surface area (Å²) in [7, 11) is -3.93. The Balaban J connectivity index is 1.72. The highest BCUT2D eigenvalue weighted by Gasteiger charge is 2.20. The topological polar surface area (TPSA) is 98.9 Å². The van der Waals surface area contributed by atoms with Crippen LogP contribution in [0.4, 0.5) is 0 Å². The highest BCUT2D eigenvalue weighted by Crippen LogP contribution is 2.10. The summed E-state index contributed by atoms with van der Waals surface area (Å²) in [6.07, 6.45) is 4.96. The molecule has 0 radical (unpaired) electrons. The van der Waals surface area contributed by atoms with E-state index in [4.69, 9.17) is 0 Å². The van der Waals surface area contributed by atoms with Gasteiger partial charge in [-0.1, -0.05) is 17.7 Å². The lowest BCUT2D eigenvalue weighted by Crippen LogP contribution is -2.31. The van der Waals surface area contributed by atoms with E-state index in [9.17, 15) is 13.2 Å². The first-order chi connectivity index (χ1) is 11.4. The van der Waals surface area contributed by atoms with Gasteiger partial charge < -0.3 is 0 Å². The van der Waals surface area contributed by atoms with E-state index < -0.39 is 15.9 Å². The molecule has 0 fully saturated rings. The molecular weight excluding hydrogens is 330 g/mol. The Morgan fingerprint density at radius 3 is 2.54 bits per heavy atom. The fourth-order valence-corrected chi connectivity index (χ4v) is 3.01. The zero-order valence-electron chi connectivity index (χ0n) is 12.8. The van der Waals surface area contributed by atoms with Crippen LogP contribution < -0.4 is 4.72 Å². The first-order valence-electron chi connectivity index (χ1n) is 7.09. The van der Waals surface area contributed by atoms with Gasteiger partial charge in [-0.05, 0) is 31.2 Å². The van der Waals surface area contributed by atoms with Crippen LogP contribution in [0.5, 0.6) is 0 Å². The molecule has 0 saturated carbocycles. The summed E-state index contributed by atoms with van der Waals surface area (Å²) >= 11 is 0. The Labute approximate surface area is 138 Å². The van der Waals surface area contributed by atoms with Crippen molar-refractivity contribution in [1.82, 2.24) is 24.3 Å². The number of rotatable bonds is 5. The largest absolute Gasteiger partial charge is 0.285 e. The molecule has 2 heterocycles. The van der Waals surface area contributed by atoms with Gasteiger partial charge in [0, 0.05) is 18.6 Å². The fraction of sp³-hybridized carbons (Fsp3) is 0.133. The standard InChI is InChI=1S/C15H15N5O3S/c1-12-3-5-13(6-4-12)24(22,23)18-15(21)14-7-10-20(17-14)11-19-9-2-8-16-19/h2-10H,11H2,1H3,(H,18,21). The molecular formula is C15H15N5O3S. The highest BCUT2D eigenvalue weighted by molar-refractivity contribution is 7.90. The second-order valence-electron chi connectivity index (χ2n) is 5.18. The number of amides is 1. The van der Waals surface area contributed by atoms with Crippen molar-refractivity contribution in [2.75, 3.05) is 0 Å². The summed E-state index contributed by atoms with van der Waals surface area (Å²) < 4.78 is 29.5.